The standard InChI is InChI=1S/C24H32N2O4/c1-15(2)12-20(26-22(27)18-8-6-7-9-19(18)23(26)28)24(29)25(4)14-17-13-16(3)10-11-21(17)30-5/h6-7,10-11,13,15,18-20H,8-9,12,14H2,1-5H3. The number of hydrogen-bond donors (Lipinski definition) is 0. The molecule has 1 aromatic carbocycles. The van der Waals surface area contributed by atoms with E-state index in [1.165, 1.54) is 4.90 Å². The number of rotatable bonds is 7. The molecule has 6 nitrogen and oxygen atoms in total. The van der Waals surface area contributed by atoms with Crippen LogP contribution in [-0.4, -0.2) is 47.7 Å². The van der Waals surface area contributed by atoms with Crippen LogP contribution in [0.25, 0.3) is 0 Å². The van der Waals surface area contributed by atoms with Crippen LogP contribution in [0.2, 0.25) is 0 Å². The van der Waals surface area contributed by atoms with Crippen molar-refractivity contribution in [2.45, 2.75) is 52.6 Å². The molecule has 1 fully saturated rings. The number of fused-ring (bicyclic) bond motifs is 1. The minimum absolute atomic E-state index is 0.169. The van der Waals surface area contributed by atoms with E-state index in [0.29, 0.717) is 31.6 Å². The van der Waals surface area contributed by atoms with Gasteiger partial charge in [0.1, 0.15) is 11.8 Å². The van der Waals surface area contributed by atoms with Crippen LogP contribution >= 0.6 is 0 Å². The van der Waals surface area contributed by atoms with Gasteiger partial charge in [-0.2, -0.15) is 0 Å². The van der Waals surface area contributed by atoms with Gasteiger partial charge in [0.15, 0.2) is 0 Å². The van der Waals surface area contributed by atoms with Crippen LogP contribution in [0, 0.1) is 24.7 Å². The lowest BCUT2D eigenvalue weighted by Crippen LogP contribution is -2.50. The van der Waals surface area contributed by atoms with Gasteiger partial charge in [0.05, 0.1) is 18.9 Å². The van der Waals surface area contributed by atoms with Gasteiger partial charge in [0, 0.05) is 19.2 Å². The highest BCUT2D eigenvalue weighted by molar-refractivity contribution is 6.08. The van der Waals surface area contributed by atoms with Gasteiger partial charge in [-0.1, -0.05) is 43.7 Å². The summed E-state index contributed by atoms with van der Waals surface area (Å²) in [5, 5.41) is 0. The second-order valence-electron chi connectivity index (χ2n) is 8.86. The van der Waals surface area contributed by atoms with E-state index in [1.54, 1.807) is 19.1 Å². The largest absolute Gasteiger partial charge is 0.496 e. The van der Waals surface area contributed by atoms with E-state index in [4.69, 9.17) is 4.74 Å². The first kappa shape index (κ1) is 22.1. The maximum atomic E-state index is 13.5. The lowest BCUT2D eigenvalue weighted by molar-refractivity contribution is -0.152. The molecule has 3 amide bonds. The zero-order valence-electron chi connectivity index (χ0n) is 18.6. The van der Waals surface area contributed by atoms with E-state index in [9.17, 15) is 14.4 Å². The molecule has 0 bridgehead atoms. The van der Waals surface area contributed by atoms with Crippen molar-refractivity contribution < 1.29 is 19.1 Å². The quantitative estimate of drug-likeness (QED) is 0.509. The number of allylic oxidation sites excluding steroid dienone is 2. The number of hydrogen-bond acceptors (Lipinski definition) is 4. The van der Waals surface area contributed by atoms with E-state index >= 15 is 0 Å². The lowest BCUT2D eigenvalue weighted by atomic mass is 9.85. The summed E-state index contributed by atoms with van der Waals surface area (Å²) in [6.07, 6.45) is 5.53. The molecule has 30 heavy (non-hydrogen) atoms. The van der Waals surface area contributed by atoms with Crippen LogP contribution < -0.4 is 4.74 Å². The summed E-state index contributed by atoms with van der Waals surface area (Å²) in [7, 11) is 3.33. The van der Waals surface area contributed by atoms with E-state index in [-0.39, 0.29) is 35.5 Å². The molecule has 1 aliphatic carbocycles. The summed E-state index contributed by atoms with van der Waals surface area (Å²) in [5.41, 5.74) is 1.97. The number of methoxy groups -OCH3 is 1. The SMILES string of the molecule is COc1ccc(C)cc1CN(C)C(=O)C(CC(C)C)N1C(=O)C2CC=CCC2C1=O. The molecular formula is C24H32N2O4. The third-order valence-electron chi connectivity index (χ3n) is 6.05. The van der Waals surface area contributed by atoms with Crippen molar-refractivity contribution in [3.05, 3.63) is 41.5 Å². The highest BCUT2D eigenvalue weighted by Gasteiger charge is 2.51. The highest BCUT2D eigenvalue weighted by Crippen LogP contribution is 2.37. The van der Waals surface area contributed by atoms with Crippen molar-refractivity contribution in [2.24, 2.45) is 17.8 Å². The van der Waals surface area contributed by atoms with Gasteiger partial charge in [-0.25, -0.2) is 0 Å². The van der Waals surface area contributed by atoms with Crippen LogP contribution in [0.1, 0.15) is 44.2 Å². The Morgan fingerprint density at radius 3 is 2.30 bits per heavy atom. The Bertz CT molecular complexity index is 835. The summed E-state index contributed by atoms with van der Waals surface area (Å²) in [4.78, 5) is 42.5. The number of imide groups is 1. The first-order valence-electron chi connectivity index (χ1n) is 10.6. The first-order chi connectivity index (χ1) is 14.2. The summed E-state index contributed by atoms with van der Waals surface area (Å²) < 4.78 is 5.44. The zero-order chi connectivity index (χ0) is 22.0. The number of likely N-dealkylation sites (N-methyl/N-ethyl adjacent to an activating group) is 1. The molecule has 3 rings (SSSR count). The van der Waals surface area contributed by atoms with Crippen LogP contribution in [0.5, 0.6) is 5.75 Å². The van der Waals surface area contributed by atoms with Gasteiger partial charge in [-0.05, 0) is 38.2 Å². The number of likely N-dealkylation sites (tertiary alicyclic amines) is 1. The predicted octanol–water partition coefficient (Wildman–Crippen LogP) is 3.33. The number of ether oxygens (including phenoxy) is 1. The molecule has 0 aromatic heterocycles. The van der Waals surface area contributed by atoms with Gasteiger partial charge >= 0.3 is 0 Å². The molecule has 0 radical (unpaired) electrons. The Balaban J connectivity index is 1.85. The van der Waals surface area contributed by atoms with Gasteiger partial charge in [0.25, 0.3) is 0 Å². The number of benzene rings is 1. The number of amides is 3. The highest BCUT2D eigenvalue weighted by atomic mass is 16.5. The van der Waals surface area contributed by atoms with E-state index in [2.05, 4.69) is 0 Å². The molecule has 3 atom stereocenters. The number of carbonyl (C=O) groups excluding carboxylic acids is 3. The predicted molar refractivity (Wildman–Crippen MR) is 115 cm³/mol. The molecule has 6 heteroatoms. The van der Waals surface area contributed by atoms with E-state index < -0.39 is 6.04 Å². The zero-order valence-corrected chi connectivity index (χ0v) is 18.6. The second kappa shape index (κ2) is 9.02. The number of nitrogens with zero attached hydrogens (tertiary/aromatic N) is 2. The average Bonchev–Trinajstić information content (AvgIpc) is 2.96. The Morgan fingerprint density at radius 2 is 1.77 bits per heavy atom. The van der Waals surface area contributed by atoms with Crippen LogP contribution in [0.15, 0.2) is 30.4 Å². The maximum Gasteiger partial charge on any atom is 0.245 e. The molecule has 162 valence electrons. The molecule has 1 aliphatic heterocycles. The third-order valence-corrected chi connectivity index (χ3v) is 6.05. The van der Waals surface area contributed by atoms with Crippen LogP contribution in [0.3, 0.4) is 0 Å². The Morgan fingerprint density at radius 1 is 1.17 bits per heavy atom. The smallest absolute Gasteiger partial charge is 0.245 e. The monoisotopic (exact) mass is 412 g/mol. The molecule has 1 saturated heterocycles. The van der Waals surface area contributed by atoms with Crippen molar-refractivity contribution in [1.82, 2.24) is 9.80 Å². The van der Waals surface area contributed by atoms with Crippen molar-refractivity contribution in [3.63, 3.8) is 0 Å². The molecule has 2 aliphatic rings. The molecule has 1 aromatic rings. The third kappa shape index (κ3) is 4.27. The normalized spacial score (nSPS) is 21.7. The topological polar surface area (TPSA) is 66.9 Å². The molecule has 0 saturated carbocycles. The summed E-state index contributed by atoms with van der Waals surface area (Å²) in [5.74, 6) is -0.377. The van der Waals surface area contributed by atoms with Gasteiger partial charge in [-0.3, -0.25) is 19.3 Å². The summed E-state index contributed by atoms with van der Waals surface area (Å²) >= 11 is 0. The molecule has 1 heterocycles. The van der Waals surface area contributed by atoms with Crippen LogP contribution in [-0.2, 0) is 20.9 Å². The lowest BCUT2D eigenvalue weighted by Gasteiger charge is -2.31. The fraction of sp³-hybridized carbons (Fsp3) is 0.542. The summed E-state index contributed by atoms with van der Waals surface area (Å²) in [6, 6.07) is 5.08. The van der Waals surface area contributed by atoms with E-state index in [0.717, 1.165) is 11.1 Å². The fourth-order valence-electron chi connectivity index (χ4n) is 4.52. The minimum atomic E-state index is -0.767. The maximum absolute atomic E-state index is 13.5. The number of aryl methyl sites for hydroxylation is 1. The van der Waals surface area contributed by atoms with E-state index in [1.807, 2.05) is 51.1 Å². The molecular weight excluding hydrogens is 380 g/mol. The molecule has 0 N–H and O–H groups in total. The average molecular weight is 413 g/mol. The fourth-order valence-corrected chi connectivity index (χ4v) is 4.52. The number of carbonyl (C=O) groups is 3. The van der Waals surface area contributed by atoms with Gasteiger partial charge < -0.3 is 9.64 Å². The second-order valence-corrected chi connectivity index (χ2v) is 8.86. The van der Waals surface area contributed by atoms with Crippen LogP contribution in [0.4, 0.5) is 0 Å². The molecule has 0 spiro atoms. The summed E-state index contributed by atoms with van der Waals surface area (Å²) in [6.45, 7) is 6.35. The Kier molecular flexibility index (Phi) is 6.64. The van der Waals surface area contributed by atoms with Gasteiger partial charge in [-0.15, -0.1) is 0 Å². The van der Waals surface area contributed by atoms with Crippen molar-refractivity contribution in [1.29, 1.82) is 0 Å². The van der Waals surface area contributed by atoms with Crippen molar-refractivity contribution >= 4 is 17.7 Å². The Hall–Kier alpha value is -2.63. The van der Waals surface area contributed by atoms with Crippen molar-refractivity contribution in [3.8, 4) is 5.75 Å². The van der Waals surface area contributed by atoms with Gasteiger partial charge in [0.2, 0.25) is 17.7 Å². The first-order valence-corrected chi connectivity index (χ1v) is 10.6. The Labute approximate surface area is 178 Å². The molecule has 3 unspecified atom stereocenters. The minimum Gasteiger partial charge on any atom is -0.496 e. The van der Waals surface area contributed by atoms with Crippen molar-refractivity contribution in [2.75, 3.05) is 14.2 Å².